The molecule has 0 aromatic heterocycles. The number of hydrogen-bond acceptors (Lipinski definition) is 3. The Morgan fingerprint density at radius 1 is 1.35 bits per heavy atom. The van der Waals surface area contributed by atoms with E-state index in [0.29, 0.717) is 0 Å². The van der Waals surface area contributed by atoms with Crippen molar-refractivity contribution in [3.63, 3.8) is 0 Å². The molecule has 0 radical (unpaired) electrons. The molecule has 0 unspecified atom stereocenters. The van der Waals surface area contributed by atoms with Crippen LogP contribution in [0, 0.1) is 5.82 Å². The summed E-state index contributed by atoms with van der Waals surface area (Å²) in [6.45, 7) is 1.38. The number of halogens is 4. The van der Waals surface area contributed by atoms with E-state index in [9.17, 15) is 17.6 Å². The molecule has 7 heteroatoms. The van der Waals surface area contributed by atoms with Crippen LogP contribution in [-0.2, 0) is 4.84 Å². The van der Waals surface area contributed by atoms with Gasteiger partial charge in [-0.2, -0.15) is 13.2 Å². The number of oxime groups is 1. The molecule has 0 bridgehead atoms. The Hall–Kier alpha value is -1.24. The SMILES string of the molecule is CO/N=C(\C)c1c(F)cccc1SC(F)(F)F. The van der Waals surface area contributed by atoms with Crippen molar-refractivity contribution in [2.75, 3.05) is 7.11 Å². The molecule has 17 heavy (non-hydrogen) atoms. The lowest BCUT2D eigenvalue weighted by Gasteiger charge is -2.11. The van der Waals surface area contributed by atoms with E-state index in [4.69, 9.17) is 0 Å². The first-order valence-electron chi connectivity index (χ1n) is 4.47. The minimum Gasteiger partial charge on any atom is -0.399 e. The first kappa shape index (κ1) is 13.8. The fraction of sp³-hybridized carbons (Fsp3) is 0.300. The number of hydrogen-bond donors (Lipinski definition) is 0. The van der Waals surface area contributed by atoms with Crippen LogP contribution in [-0.4, -0.2) is 18.3 Å². The first-order chi connectivity index (χ1) is 7.85. The summed E-state index contributed by atoms with van der Waals surface area (Å²) >= 11 is -0.381. The van der Waals surface area contributed by atoms with Gasteiger partial charge < -0.3 is 4.84 Å². The van der Waals surface area contributed by atoms with Crippen LogP contribution in [0.4, 0.5) is 17.6 Å². The van der Waals surface area contributed by atoms with Crippen molar-refractivity contribution in [1.29, 1.82) is 0 Å². The van der Waals surface area contributed by atoms with Crippen molar-refractivity contribution < 1.29 is 22.4 Å². The van der Waals surface area contributed by atoms with Crippen molar-refractivity contribution in [2.45, 2.75) is 17.3 Å². The highest BCUT2D eigenvalue weighted by Gasteiger charge is 2.31. The Morgan fingerprint density at radius 3 is 2.53 bits per heavy atom. The van der Waals surface area contributed by atoms with Gasteiger partial charge in [-0.25, -0.2) is 4.39 Å². The topological polar surface area (TPSA) is 21.6 Å². The van der Waals surface area contributed by atoms with Crippen LogP contribution < -0.4 is 0 Å². The number of rotatable bonds is 3. The maximum absolute atomic E-state index is 13.5. The van der Waals surface area contributed by atoms with Crippen LogP contribution in [0.25, 0.3) is 0 Å². The zero-order valence-electron chi connectivity index (χ0n) is 9.01. The summed E-state index contributed by atoms with van der Waals surface area (Å²) in [6.07, 6.45) is 0. The summed E-state index contributed by atoms with van der Waals surface area (Å²) < 4.78 is 50.3. The molecule has 0 N–H and O–H groups in total. The molecule has 1 rings (SSSR count). The molecule has 0 saturated heterocycles. The molecule has 0 heterocycles. The second-order valence-corrected chi connectivity index (χ2v) is 4.13. The van der Waals surface area contributed by atoms with Crippen LogP contribution in [0.3, 0.4) is 0 Å². The molecule has 0 amide bonds. The van der Waals surface area contributed by atoms with Gasteiger partial charge in [-0.15, -0.1) is 0 Å². The Morgan fingerprint density at radius 2 is 2.00 bits per heavy atom. The summed E-state index contributed by atoms with van der Waals surface area (Å²) in [5, 5.41) is 3.44. The fourth-order valence-corrected chi connectivity index (χ4v) is 1.99. The molecule has 0 aliphatic heterocycles. The maximum Gasteiger partial charge on any atom is 0.446 e. The highest BCUT2D eigenvalue weighted by molar-refractivity contribution is 8.00. The number of alkyl halides is 3. The minimum atomic E-state index is -4.48. The van der Waals surface area contributed by atoms with E-state index in [1.165, 1.54) is 26.2 Å². The standard InChI is InChI=1S/C10H9F4NOS/c1-6(15-16-2)9-7(11)4-3-5-8(9)17-10(12,13)14/h3-5H,1-2H3/b15-6+. The number of benzene rings is 1. The van der Waals surface area contributed by atoms with Crippen LogP contribution >= 0.6 is 11.8 Å². The van der Waals surface area contributed by atoms with Crippen molar-refractivity contribution in [2.24, 2.45) is 5.16 Å². The molecule has 0 saturated carbocycles. The van der Waals surface area contributed by atoms with Gasteiger partial charge in [0.05, 0.1) is 5.71 Å². The van der Waals surface area contributed by atoms with Gasteiger partial charge in [0, 0.05) is 10.5 Å². The molecule has 0 fully saturated rings. The molecule has 1 aromatic carbocycles. The quantitative estimate of drug-likeness (QED) is 0.359. The molecular weight excluding hydrogens is 258 g/mol. The second kappa shape index (κ2) is 5.39. The summed E-state index contributed by atoms with van der Waals surface area (Å²) in [5.41, 5.74) is -4.62. The van der Waals surface area contributed by atoms with E-state index < -0.39 is 11.3 Å². The summed E-state index contributed by atoms with van der Waals surface area (Å²) in [7, 11) is 1.24. The van der Waals surface area contributed by atoms with Gasteiger partial charge in [-0.1, -0.05) is 11.2 Å². The van der Waals surface area contributed by atoms with Crippen molar-refractivity contribution in [3.05, 3.63) is 29.6 Å². The minimum absolute atomic E-state index is 0.0531. The lowest BCUT2D eigenvalue weighted by molar-refractivity contribution is -0.0328. The lowest BCUT2D eigenvalue weighted by Crippen LogP contribution is -2.06. The van der Waals surface area contributed by atoms with Gasteiger partial charge in [-0.3, -0.25) is 0 Å². The highest BCUT2D eigenvalue weighted by Crippen LogP contribution is 2.39. The summed E-state index contributed by atoms with van der Waals surface area (Å²) in [5.74, 6) is -0.766. The lowest BCUT2D eigenvalue weighted by atomic mass is 10.1. The zero-order chi connectivity index (χ0) is 13.1. The monoisotopic (exact) mass is 267 g/mol. The van der Waals surface area contributed by atoms with Crippen LogP contribution in [0.5, 0.6) is 0 Å². The molecule has 0 spiro atoms. The average Bonchev–Trinajstić information content (AvgIpc) is 2.15. The normalized spacial score (nSPS) is 12.7. The molecule has 2 nitrogen and oxygen atoms in total. The van der Waals surface area contributed by atoms with Crippen LogP contribution in [0.15, 0.2) is 28.3 Å². The number of nitrogens with zero attached hydrogens (tertiary/aromatic N) is 1. The van der Waals surface area contributed by atoms with E-state index >= 15 is 0 Å². The average molecular weight is 267 g/mol. The van der Waals surface area contributed by atoms with Gasteiger partial charge in [0.1, 0.15) is 12.9 Å². The van der Waals surface area contributed by atoms with Crippen LogP contribution in [0.2, 0.25) is 0 Å². The second-order valence-electron chi connectivity index (χ2n) is 3.02. The Balaban J connectivity index is 3.22. The van der Waals surface area contributed by atoms with E-state index in [2.05, 4.69) is 9.99 Å². The Kier molecular flexibility index (Phi) is 4.39. The number of thioether (sulfide) groups is 1. The van der Waals surface area contributed by atoms with E-state index in [1.807, 2.05) is 0 Å². The maximum atomic E-state index is 13.5. The molecule has 0 aliphatic carbocycles. The zero-order valence-corrected chi connectivity index (χ0v) is 9.82. The summed E-state index contributed by atoms with van der Waals surface area (Å²) in [4.78, 5) is 4.19. The third kappa shape index (κ3) is 3.92. The first-order valence-corrected chi connectivity index (χ1v) is 5.29. The van der Waals surface area contributed by atoms with Crippen molar-refractivity contribution in [3.8, 4) is 0 Å². The van der Waals surface area contributed by atoms with Gasteiger partial charge in [0.15, 0.2) is 0 Å². The van der Waals surface area contributed by atoms with E-state index in [-0.39, 0.29) is 27.9 Å². The van der Waals surface area contributed by atoms with E-state index in [1.54, 1.807) is 0 Å². The smallest absolute Gasteiger partial charge is 0.399 e. The molecule has 1 aromatic rings. The summed E-state index contributed by atoms with van der Waals surface area (Å²) in [6, 6.07) is 3.47. The van der Waals surface area contributed by atoms with Crippen molar-refractivity contribution in [1.82, 2.24) is 0 Å². The van der Waals surface area contributed by atoms with Gasteiger partial charge in [-0.05, 0) is 30.8 Å². The van der Waals surface area contributed by atoms with E-state index in [0.717, 1.165) is 6.07 Å². The molecule has 0 atom stereocenters. The third-order valence-electron chi connectivity index (χ3n) is 1.79. The predicted molar refractivity (Wildman–Crippen MR) is 57.5 cm³/mol. The molecular formula is C10H9F4NOS. The van der Waals surface area contributed by atoms with Gasteiger partial charge in [0.25, 0.3) is 0 Å². The third-order valence-corrected chi connectivity index (χ3v) is 2.58. The van der Waals surface area contributed by atoms with Crippen LogP contribution in [0.1, 0.15) is 12.5 Å². The van der Waals surface area contributed by atoms with Gasteiger partial charge >= 0.3 is 5.51 Å². The van der Waals surface area contributed by atoms with Gasteiger partial charge in [0.2, 0.25) is 0 Å². The predicted octanol–water partition coefficient (Wildman–Crippen LogP) is 3.81. The molecule has 94 valence electrons. The molecule has 0 aliphatic rings. The largest absolute Gasteiger partial charge is 0.446 e. The fourth-order valence-electron chi connectivity index (χ4n) is 1.25. The highest BCUT2D eigenvalue weighted by atomic mass is 32.2. The Bertz CT molecular complexity index is 431. The Labute approximate surface area is 99.6 Å². The van der Waals surface area contributed by atoms with Crippen molar-refractivity contribution >= 4 is 17.5 Å².